The third-order valence-corrected chi connectivity index (χ3v) is 10.4. The van der Waals surface area contributed by atoms with Gasteiger partial charge in [0, 0.05) is 0 Å². The normalized spacial score (nSPS) is 22.8. The van der Waals surface area contributed by atoms with Crippen molar-refractivity contribution in [3.63, 3.8) is 0 Å². The Morgan fingerprint density at radius 3 is 1.71 bits per heavy atom. The van der Waals surface area contributed by atoms with E-state index in [-0.39, 0.29) is 12.8 Å². The fraction of sp³-hybridized carbons (Fsp3) is 0.841. The third kappa shape index (κ3) is 24.7. The highest BCUT2D eigenvalue weighted by Crippen LogP contribution is 2.23. The van der Waals surface area contributed by atoms with Gasteiger partial charge in [-0.3, -0.25) is 4.79 Å². The van der Waals surface area contributed by atoms with E-state index in [2.05, 4.69) is 55.6 Å². The van der Waals surface area contributed by atoms with E-state index in [0.29, 0.717) is 12.8 Å². The van der Waals surface area contributed by atoms with E-state index in [1.807, 2.05) is 0 Å². The second kappa shape index (κ2) is 34.4. The molecule has 1 heterocycles. The Kier molecular flexibility index (Phi) is 32.1. The molecule has 0 saturated carbocycles. The minimum atomic E-state index is -1.67. The summed E-state index contributed by atoms with van der Waals surface area (Å²) < 4.78 is 11.0. The third-order valence-electron chi connectivity index (χ3n) is 10.4. The summed E-state index contributed by atoms with van der Waals surface area (Å²) >= 11 is 0. The number of aliphatic hydroxyl groups is 7. The molecule has 11 heteroatoms. The van der Waals surface area contributed by atoms with Crippen molar-refractivity contribution >= 4 is 5.91 Å². The molecule has 0 aliphatic carbocycles. The Balaban J connectivity index is 2.47. The minimum Gasteiger partial charge on any atom is -0.394 e. The van der Waals surface area contributed by atoms with Crippen molar-refractivity contribution in [1.82, 2.24) is 5.32 Å². The van der Waals surface area contributed by atoms with E-state index in [1.54, 1.807) is 0 Å². The molecular weight excluding hydrogens is 702 g/mol. The summed E-state index contributed by atoms with van der Waals surface area (Å²) in [4.78, 5) is 13.0. The number of hydrogen-bond donors (Lipinski definition) is 8. The van der Waals surface area contributed by atoms with Crippen molar-refractivity contribution < 1.29 is 50.0 Å². The van der Waals surface area contributed by atoms with Gasteiger partial charge in [0.05, 0.1) is 25.4 Å². The molecule has 0 aromatic heterocycles. The maximum absolute atomic E-state index is 13.0. The van der Waals surface area contributed by atoms with Gasteiger partial charge in [0.15, 0.2) is 6.29 Å². The molecule has 1 saturated heterocycles. The zero-order chi connectivity index (χ0) is 40.5. The van der Waals surface area contributed by atoms with Gasteiger partial charge in [-0.2, -0.15) is 0 Å². The van der Waals surface area contributed by atoms with Gasteiger partial charge < -0.3 is 50.5 Å². The molecule has 8 N–H and O–H groups in total. The number of allylic oxidation sites excluding steroid dienone is 6. The van der Waals surface area contributed by atoms with Crippen LogP contribution >= 0.6 is 0 Å². The fourth-order valence-corrected chi connectivity index (χ4v) is 6.72. The number of rotatable bonds is 35. The quantitative estimate of drug-likeness (QED) is 0.0202. The lowest BCUT2D eigenvalue weighted by atomic mass is 9.98. The maximum Gasteiger partial charge on any atom is 0.249 e. The van der Waals surface area contributed by atoms with Crippen LogP contribution in [-0.2, 0) is 14.3 Å². The number of nitrogens with one attached hydrogen (secondary N) is 1. The van der Waals surface area contributed by atoms with E-state index in [4.69, 9.17) is 9.47 Å². The van der Waals surface area contributed by atoms with Crippen molar-refractivity contribution in [3.05, 3.63) is 36.5 Å². The second-order valence-corrected chi connectivity index (χ2v) is 15.4. The van der Waals surface area contributed by atoms with E-state index < -0.39 is 74.2 Å². The molecule has 0 aromatic rings. The predicted octanol–water partition coefficient (Wildman–Crippen LogP) is 6.44. The number of ether oxygens (including phenoxy) is 2. The van der Waals surface area contributed by atoms with Crippen molar-refractivity contribution in [1.29, 1.82) is 0 Å². The van der Waals surface area contributed by atoms with E-state index >= 15 is 0 Å². The number of carbonyl (C=O) groups is 1. The summed E-state index contributed by atoms with van der Waals surface area (Å²) in [5, 5.41) is 75.3. The molecular formula is C44H81NO10. The minimum absolute atomic E-state index is 0.247. The number of hydrogen-bond acceptors (Lipinski definition) is 10. The van der Waals surface area contributed by atoms with Crippen LogP contribution in [-0.4, -0.2) is 110 Å². The monoisotopic (exact) mass is 784 g/mol. The molecule has 1 amide bonds. The van der Waals surface area contributed by atoms with Gasteiger partial charge in [0.25, 0.3) is 0 Å². The highest BCUT2D eigenvalue weighted by Gasteiger charge is 2.44. The summed E-state index contributed by atoms with van der Waals surface area (Å²) in [6, 6.07) is -1.18. The van der Waals surface area contributed by atoms with Crippen molar-refractivity contribution in [2.75, 3.05) is 13.2 Å². The van der Waals surface area contributed by atoms with Crippen LogP contribution < -0.4 is 5.32 Å². The first-order chi connectivity index (χ1) is 26.7. The molecule has 9 atom stereocenters. The van der Waals surface area contributed by atoms with E-state index in [0.717, 1.165) is 44.9 Å². The number of aliphatic hydroxyl groups excluding tert-OH is 7. The number of unbranched alkanes of at least 4 members (excludes halogenated alkanes) is 18. The summed E-state index contributed by atoms with van der Waals surface area (Å²) in [5.74, 6) is -0.714. The van der Waals surface area contributed by atoms with Crippen LogP contribution in [0.3, 0.4) is 0 Å². The summed E-state index contributed by atoms with van der Waals surface area (Å²) in [6.45, 7) is 3.34. The fourth-order valence-electron chi connectivity index (χ4n) is 6.72. The van der Waals surface area contributed by atoms with Gasteiger partial charge in [0.2, 0.25) is 5.91 Å². The first-order valence-corrected chi connectivity index (χ1v) is 21.9. The van der Waals surface area contributed by atoms with E-state index in [1.165, 1.54) is 83.5 Å². The van der Waals surface area contributed by atoms with Crippen LogP contribution in [0.4, 0.5) is 0 Å². The average Bonchev–Trinajstić information content (AvgIpc) is 3.18. The Bertz CT molecular complexity index is 992. The Labute approximate surface area is 333 Å². The highest BCUT2D eigenvalue weighted by atomic mass is 16.7. The van der Waals surface area contributed by atoms with Gasteiger partial charge in [-0.25, -0.2) is 0 Å². The zero-order valence-corrected chi connectivity index (χ0v) is 34.4. The molecule has 0 radical (unpaired) electrons. The van der Waals surface area contributed by atoms with Crippen molar-refractivity contribution in [2.45, 2.75) is 223 Å². The first kappa shape index (κ1) is 51.3. The van der Waals surface area contributed by atoms with Gasteiger partial charge >= 0.3 is 0 Å². The smallest absolute Gasteiger partial charge is 0.249 e. The molecule has 322 valence electrons. The van der Waals surface area contributed by atoms with Gasteiger partial charge in [-0.15, -0.1) is 0 Å². The SMILES string of the molecule is CCCCC/C=C\C=C/CCCCCCCCCCCC(O)C(=O)NC(COC1OC(CO)C(O)C(O)C1O)C(O)C(O)CCC/C=C/CCCCCCC. The summed E-state index contributed by atoms with van der Waals surface area (Å²) in [6.07, 6.45) is 26.3. The molecule has 55 heavy (non-hydrogen) atoms. The second-order valence-electron chi connectivity index (χ2n) is 15.4. The lowest BCUT2D eigenvalue weighted by molar-refractivity contribution is -0.303. The van der Waals surface area contributed by atoms with Crippen molar-refractivity contribution in [2.24, 2.45) is 0 Å². The lowest BCUT2D eigenvalue weighted by Crippen LogP contribution is -2.60. The molecule has 0 bridgehead atoms. The van der Waals surface area contributed by atoms with Crippen molar-refractivity contribution in [3.8, 4) is 0 Å². The zero-order valence-electron chi connectivity index (χ0n) is 34.4. The number of carbonyl (C=O) groups excluding carboxylic acids is 1. The number of amides is 1. The van der Waals surface area contributed by atoms with Crippen LogP contribution in [0.2, 0.25) is 0 Å². The lowest BCUT2D eigenvalue weighted by Gasteiger charge is -2.40. The summed E-state index contributed by atoms with van der Waals surface area (Å²) in [7, 11) is 0. The first-order valence-electron chi connectivity index (χ1n) is 21.9. The largest absolute Gasteiger partial charge is 0.394 e. The van der Waals surface area contributed by atoms with Crippen LogP contribution in [0.1, 0.15) is 168 Å². The molecule has 0 spiro atoms. The molecule has 1 fully saturated rings. The highest BCUT2D eigenvalue weighted by molar-refractivity contribution is 5.80. The van der Waals surface area contributed by atoms with Crippen LogP contribution in [0, 0.1) is 0 Å². The standard InChI is InChI=1S/C44H81NO10/c1-3-5-7-9-11-13-15-16-17-18-19-20-21-22-24-26-28-30-32-37(48)43(53)45-35(34-54-44-42(52)41(51)40(50)38(33-46)55-44)39(49)36(47)31-29-27-25-23-14-12-10-8-6-4-2/h11,13,15-16,23,25,35-42,44,46-52H,3-10,12,14,17-22,24,26-34H2,1-2H3,(H,45,53)/b13-11-,16-15-,25-23+. The van der Waals surface area contributed by atoms with Gasteiger partial charge in [-0.05, 0) is 64.2 Å². The van der Waals surface area contributed by atoms with E-state index in [9.17, 15) is 40.5 Å². The topological polar surface area (TPSA) is 189 Å². The Hall–Kier alpha value is -1.67. The van der Waals surface area contributed by atoms with Gasteiger partial charge in [-0.1, -0.05) is 140 Å². The van der Waals surface area contributed by atoms with Gasteiger partial charge in [0.1, 0.15) is 36.6 Å². The average molecular weight is 784 g/mol. The summed E-state index contributed by atoms with van der Waals surface area (Å²) in [5.41, 5.74) is 0. The Morgan fingerprint density at radius 1 is 0.636 bits per heavy atom. The van der Waals surface area contributed by atoms with Crippen LogP contribution in [0.15, 0.2) is 36.5 Å². The van der Waals surface area contributed by atoms with Crippen LogP contribution in [0.25, 0.3) is 0 Å². The maximum atomic E-state index is 13.0. The Morgan fingerprint density at radius 2 is 1.13 bits per heavy atom. The molecule has 0 aromatic carbocycles. The predicted molar refractivity (Wildman–Crippen MR) is 219 cm³/mol. The molecule has 11 nitrogen and oxygen atoms in total. The van der Waals surface area contributed by atoms with Crippen LogP contribution in [0.5, 0.6) is 0 Å². The molecule has 1 aliphatic heterocycles. The molecule has 9 unspecified atom stereocenters. The molecule has 1 rings (SSSR count). The molecule has 1 aliphatic rings.